The van der Waals surface area contributed by atoms with Crippen molar-refractivity contribution in [1.82, 2.24) is 5.32 Å². The summed E-state index contributed by atoms with van der Waals surface area (Å²) in [5, 5.41) is 2.30. The van der Waals surface area contributed by atoms with Gasteiger partial charge in [0.05, 0.1) is 0 Å². The van der Waals surface area contributed by atoms with Gasteiger partial charge in [-0.05, 0) is 17.7 Å². The molecule has 0 aliphatic carbocycles. The zero-order valence-corrected chi connectivity index (χ0v) is 6.79. The summed E-state index contributed by atoms with van der Waals surface area (Å²) < 4.78 is 12.6. The average Bonchev–Trinajstić information content (AvgIpc) is 2.14. The van der Waals surface area contributed by atoms with E-state index in [9.17, 15) is 14.0 Å². The Morgan fingerprint density at radius 2 is 2.31 bits per heavy atom. The van der Waals surface area contributed by atoms with Crippen LogP contribution in [-0.2, 0) is 16.1 Å². The number of hydrogen-bond donors (Lipinski definition) is 1. The SMILES string of the molecule is O=CC(=O)NCc1cccc(F)c1. The summed E-state index contributed by atoms with van der Waals surface area (Å²) in [6.45, 7) is 0.162. The number of amides is 1. The van der Waals surface area contributed by atoms with Crippen molar-refractivity contribution in [3.63, 3.8) is 0 Å². The Kier molecular flexibility index (Phi) is 3.14. The molecule has 0 aromatic heterocycles. The smallest absolute Gasteiger partial charge is 0.284 e. The van der Waals surface area contributed by atoms with Crippen LogP contribution < -0.4 is 5.32 Å². The fraction of sp³-hybridized carbons (Fsp3) is 0.111. The average molecular weight is 181 g/mol. The fourth-order valence-corrected chi connectivity index (χ4v) is 0.878. The minimum absolute atomic E-state index is 0.162. The number of nitrogens with one attached hydrogen (secondary N) is 1. The first-order valence-corrected chi connectivity index (χ1v) is 3.70. The number of carbonyl (C=O) groups is 2. The third-order valence-electron chi connectivity index (χ3n) is 1.46. The minimum atomic E-state index is -0.704. The van der Waals surface area contributed by atoms with Crippen molar-refractivity contribution in [2.45, 2.75) is 6.54 Å². The van der Waals surface area contributed by atoms with Crippen LogP contribution in [0.2, 0.25) is 0 Å². The van der Waals surface area contributed by atoms with Gasteiger partial charge in [0.15, 0.2) is 0 Å². The van der Waals surface area contributed by atoms with Gasteiger partial charge < -0.3 is 5.32 Å². The molecule has 0 aliphatic heterocycles. The molecule has 0 unspecified atom stereocenters. The van der Waals surface area contributed by atoms with Gasteiger partial charge in [-0.25, -0.2) is 4.39 Å². The molecule has 0 saturated heterocycles. The van der Waals surface area contributed by atoms with E-state index in [4.69, 9.17) is 0 Å². The quantitative estimate of drug-likeness (QED) is 0.549. The standard InChI is InChI=1S/C9H8FNO2/c10-8-3-1-2-7(4-8)5-11-9(13)6-12/h1-4,6H,5H2,(H,11,13). The second-order valence-electron chi connectivity index (χ2n) is 2.47. The Morgan fingerprint density at radius 1 is 1.54 bits per heavy atom. The van der Waals surface area contributed by atoms with Crippen molar-refractivity contribution in [3.8, 4) is 0 Å². The van der Waals surface area contributed by atoms with Crippen LogP contribution in [0.25, 0.3) is 0 Å². The highest BCUT2D eigenvalue weighted by Gasteiger charge is 1.98. The largest absolute Gasteiger partial charge is 0.346 e. The van der Waals surface area contributed by atoms with Crippen LogP contribution in [0.3, 0.4) is 0 Å². The normalized spacial score (nSPS) is 9.31. The van der Waals surface area contributed by atoms with E-state index in [1.807, 2.05) is 0 Å². The highest BCUT2D eigenvalue weighted by molar-refractivity contribution is 6.23. The Labute approximate surface area is 74.6 Å². The highest BCUT2D eigenvalue weighted by atomic mass is 19.1. The van der Waals surface area contributed by atoms with Gasteiger partial charge in [-0.1, -0.05) is 12.1 Å². The van der Waals surface area contributed by atoms with Crippen molar-refractivity contribution >= 4 is 12.2 Å². The molecule has 13 heavy (non-hydrogen) atoms. The third kappa shape index (κ3) is 3.02. The zero-order valence-electron chi connectivity index (χ0n) is 6.79. The van der Waals surface area contributed by atoms with E-state index in [2.05, 4.69) is 5.32 Å². The maximum absolute atomic E-state index is 12.6. The lowest BCUT2D eigenvalue weighted by atomic mass is 10.2. The predicted octanol–water partition coefficient (Wildman–Crippen LogP) is 0.641. The molecule has 1 aromatic rings. The molecule has 0 fully saturated rings. The summed E-state index contributed by atoms with van der Waals surface area (Å²) >= 11 is 0. The van der Waals surface area contributed by atoms with Crippen LogP contribution in [0.15, 0.2) is 24.3 Å². The first-order chi connectivity index (χ1) is 6.22. The van der Waals surface area contributed by atoms with Gasteiger partial charge in [0, 0.05) is 6.54 Å². The molecular formula is C9H8FNO2. The Morgan fingerprint density at radius 3 is 2.92 bits per heavy atom. The van der Waals surface area contributed by atoms with Gasteiger partial charge in [-0.2, -0.15) is 0 Å². The summed E-state index contributed by atoms with van der Waals surface area (Å²) in [5.74, 6) is -1.07. The molecule has 0 heterocycles. The third-order valence-corrected chi connectivity index (χ3v) is 1.46. The molecule has 3 nitrogen and oxygen atoms in total. The summed E-state index contributed by atoms with van der Waals surface area (Å²) in [5.41, 5.74) is 0.621. The van der Waals surface area contributed by atoms with Crippen LogP contribution in [0.4, 0.5) is 4.39 Å². The lowest BCUT2D eigenvalue weighted by molar-refractivity contribution is -0.131. The number of rotatable bonds is 3. The monoisotopic (exact) mass is 181 g/mol. The highest BCUT2D eigenvalue weighted by Crippen LogP contribution is 2.02. The number of halogens is 1. The maximum Gasteiger partial charge on any atom is 0.284 e. The van der Waals surface area contributed by atoms with E-state index in [1.54, 1.807) is 6.07 Å². The molecule has 0 saturated carbocycles. The van der Waals surface area contributed by atoms with Crippen molar-refractivity contribution in [1.29, 1.82) is 0 Å². The number of benzene rings is 1. The molecule has 0 radical (unpaired) electrons. The van der Waals surface area contributed by atoms with E-state index in [-0.39, 0.29) is 18.6 Å². The van der Waals surface area contributed by atoms with E-state index in [1.165, 1.54) is 18.2 Å². The van der Waals surface area contributed by atoms with Crippen molar-refractivity contribution < 1.29 is 14.0 Å². The van der Waals surface area contributed by atoms with Crippen molar-refractivity contribution in [2.24, 2.45) is 0 Å². The van der Waals surface area contributed by atoms with Gasteiger partial charge in [0.25, 0.3) is 5.91 Å². The second kappa shape index (κ2) is 4.35. The van der Waals surface area contributed by atoms with Gasteiger partial charge >= 0.3 is 0 Å². The molecule has 1 rings (SSSR count). The Bertz CT molecular complexity index is 325. The molecule has 1 aromatic carbocycles. The number of aldehydes is 1. The summed E-state index contributed by atoms with van der Waals surface area (Å²) in [6, 6.07) is 5.81. The topological polar surface area (TPSA) is 46.2 Å². The fourth-order valence-electron chi connectivity index (χ4n) is 0.878. The molecule has 68 valence electrons. The van der Waals surface area contributed by atoms with Crippen LogP contribution in [-0.4, -0.2) is 12.2 Å². The molecule has 1 N–H and O–H groups in total. The van der Waals surface area contributed by atoms with Crippen molar-refractivity contribution in [3.05, 3.63) is 35.6 Å². The van der Waals surface area contributed by atoms with Gasteiger partial charge in [0.2, 0.25) is 6.29 Å². The van der Waals surface area contributed by atoms with E-state index in [0.717, 1.165) is 0 Å². The Hall–Kier alpha value is -1.71. The molecular weight excluding hydrogens is 173 g/mol. The summed E-state index contributed by atoms with van der Waals surface area (Å²) in [7, 11) is 0. The predicted molar refractivity (Wildman–Crippen MR) is 44.3 cm³/mol. The Balaban J connectivity index is 2.54. The van der Waals surface area contributed by atoms with E-state index >= 15 is 0 Å². The first-order valence-electron chi connectivity index (χ1n) is 3.70. The molecule has 1 amide bonds. The van der Waals surface area contributed by atoms with Crippen LogP contribution in [0, 0.1) is 5.82 Å². The summed E-state index contributed by atoms with van der Waals surface area (Å²) in [6.07, 6.45) is 0.180. The van der Waals surface area contributed by atoms with Crippen LogP contribution in [0.5, 0.6) is 0 Å². The lowest BCUT2D eigenvalue weighted by Crippen LogP contribution is -2.23. The zero-order chi connectivity index (χ0) is 9.68. The number of carbonyl (C=O) groups excluding carboxylic acids is 2. The van der Waals surface area contributed by atoms with Crippen LogP contribution >= 0.6 is 0 Å². The molecule has 0 atom stereocenters. The summed E-state index contributed by atoms with van der Waals surface area (Å²) in [4.78, 5) is 20.4. The van der Waals surface area contributed by atoms with Crippen LogP contribution in [0.1, 0.15) is 5.56 Å². The van der Waals surface area contributed by atoms with E-state index < -0.39 is 5.91 Å². The molecule has 0 spiro atoms. The van der Waals surface area contributed by atoms with Gasteiger partial charge in [-0.3, -0.25) is 9.59 Å². The molecule has 0 aliphatic rings. The van der Waals surface area contributed by atoms with Gasteiger partial charge in [-0.15, -0.1) is 0 Å². The van der Waals surface area contributed by atoms with E-state index in [0.29, 0.717) is 5.56 Å². The lowest BCUT2D eigenvalue weighted by Gasteiger charge is -2.00. The minimum Gasteiger partial charge on any atom is -0.346 e. The first kappa shape index (κ1) is 9.38. The second-order valence-corrected chi connectivity index (χ2v) is 2.47. The number of hydrogen-bond acceptors (Lipinski definition) is 2. The maximum atomic E-state index is 12.6. The van der Waals surface area contributed by atoms with Crippen molar-refractivity contribution in [2.75, 3.05) is 0 Å². The molecule has 4 heteroatoms. The van der Waals surface area contributed by atoms with Gasteiger partial charge in [0.1, 0.15) is 5.82 Å². The molecule has 0 bridgehead atoms.